The fourth-order valence-corrected chi connectivity index (χ4v) is 2.82. The van der Waals surface area contributed by atoms with Gasteiger partial charge in [0.05, 0.1) is 13.2 Å². The molecule has 7 N–H and O–H groups in total. The lowest BCUT2D eigenvalue weighted by Crippen LogP contribution is -2.62. The first-order valence-corrected chi connectivity index (χ1v) is 7.93. The average Bonchev–Trinajstić information content (AvgIpc) is 2.85. The number of carbonyl (C=O) groups excluding carboxylic acids is 1. The minimum Gasteiger partial charge on any atom is -0.460 e. The number of hydrogen-bond acceptors (Lipinski definition) is 12. The van der Waals surface area contributed by atoms with E-state index in [2.05, 4.69) is 0 Å². The van der Waals surface area contributed by atoms with Gasteiger partial charge in [-0.15, -0.1) is 0 Å². The topological polar surface area (TPSA) is 196 Å². The molecule has 2 aliphatic heterocycles. The van der Waals surface area contributed by atoms with E-state index in [4.69, 9.17) is 18.9 Å². The van der Waals surface area contributed by atoms with Crippen molar-refractivity contribution >= 4 is 5.97 Å². The first-order valence-electron chi connectivity index (χ1n) is 7.93. The zero-order chi connectivity index (χ0) is 19.6. The van der Waals surface area contributed by atoms with Gasteiger partial charge in [0.2, 0.25) is 5.79 Å². The molecule has 0 saturated carbocycles. The van der Waals surface area contributed by atoms with Crippen LogP contribution >= 0.6 is 0 Å². The number of hydrogen-bond donors (Lipinski definition) is 7. The van der Waals surface area contributed by atoms with E-state index in [1.54, 1.807) is 0 Å². The quantitative estimate of drug-likeness (QED) is 0.216. The Morgan fingerprint density at radius 2 is 1.58 bits per heavy atom. The Bertz CT molecular complexity index is 487. The van der Waals surface area contributed by atoms with Gasteiger partial charge < -0.3 is 54.7 Å². The van der Waals surface area contributed by atoms with Crippen LogP contribution in [0.5, 0.6) is 0 Å². The predicted octanol–water partition coefficient (Wildman–Crippen LogP) is -4.82. The van der Waals surface area contributed by atoms with Crippen LogP contribution in [0.2, 0.25) is 0 Å². The summed E-state index contributed by atoms with van der Waals surface area (Å²) in [5.41, 5.74) is 0. The van der Waals surface area contributed by atoms with Crippen molar-refractivity contribution in [2.75, 3.05) is 19.8 Å². The molecule has 0 aromatic rings. The maximum atomic E-state index is 11.1. The van der Waals surface area contributed by atoms with Crippen molar-refractivity contribution < 1.29 is 59.5 Å². The molecule has 2 rings (SSSR count). The van der Waals surface area contributed by atoms with Gasteiger partial charge in [0, 0.05) is 6.92 Å². The van der Waals surface area contributed by atoms with E-state index < -0.39 is 80.6 Å². The van der Waals surface area contributed by atoms with E-state index in [1.165, 1.54) is 0 Å². The van der Waals surface area contributed by atoms with Crippen LogP contribution in [0.15, 0.2) is 0 Å². The molecule has 0 unspecified atom stereocenters. The standard InChI is InChI=1S/C14H24O12/c1-5(17)23-4-14(12(22)9(19)7(3-16)25-14)26-13-11(21)10(20)8(18)6(2-15)24-13/h6-13,15-16,18-22H,2-4H2,1H3/t6-,7-,8-,9-,10+,11-,12+,13-,14+/m1/s1. The van der Waals surface area contributed by atoms with Gasteiger partial charge in [-0.2, -0.15) is 0 Å². The SMILES string of the molecule is CC(=O)OC[C@@]1(O[C@H]2O[C@H](CO)[C@@H](O)[C@H](O)[C@H]2O)O[C@H](CO)[C@@H](O)[C@@H]1O. The fourth-order valence-electron chi connectivity index (χ4n) is 2.82. The van der Waals surface area contributed by atoms with Crippen molar-refractivity contribution in [1.82, 2.24) is 0 Å². The highest BCUT2D eigenvalue weighted by atomic mass is 16.8. The maximum absolute atomic E-state index is 11.1. The molecule has 0 spiro atoms. The van der Waals surface area contributed by atoms with Crippen LogP contribution < -0.4 is 0 Å². The maximum Gasteiger partial charge on any atom is 0.302 e. The summed E-state index contributed by atoms with van der Waals surface area (Å²) in [5, 5.41) is 68.3. The molecule has 0 amide bonds. The zero-order valence-electron chi connectivity index (χ0n) is 13.9. The van der Waals surface area contributed by atoms with Crippen LogP contribution in [-0.2, 0) is 23.7 Å². The van der Waals surface area contributed by atoms with Gasteiger partial charge in [-0.1, -0.05) is 0 Å². The Morgan fingerprint density at radius 1 is 0.962 bits per heavy atom. The highest BCUT2D eigenvalue weighted by Crippen LogP contribution is 2.36. The average molecular weight is 384 g/mol. The molecule has 12 nitrogen and oxygen atoms in total. The van der Waals surface area contributed by atoms with Crippen molar-refractivity contribution in [2.45, 2.75) is 61.7 Å². The molecule has 2 fully saturated rings. The molecular formula is C14H24O12. The minimum absolute atomic E-state index is 0.696. The van der Waals surface area contributed by atoms with Crippen LogP contribution in [0.4, 0.5) is 0 Å². The number of rotatable bonds is 6. The second kappa shape index (κ2) is 8.39. The van der Waals surface area contributed by atoms with E-state index in [1.807, 2.05) is 0 Å². The van der Waals surface area contributed by atoms with E-state index in [-0.39, 0.29) is 0 Å². The number of aliphatic hydroxyl groups is 7. The molecule has 9 atom stereocenters. The highest BCUT2D eigenvalue weighted by Gasteiger charge is 2.59. The third-order valence-corrected chi connectivity index (χ3v) is 4.33. The summed E-state index contributed by atoms with van der Waals surface area (Å²) in [5.74, 6) is -2.99. The van der Waals surface area contributed by atoms with Gasteiger partial charge in [-0.25, -0.2) is 0 Å². The summed E-state index contributed by atoms with van der Waals surface area (Å²) < 4.78 is 20.6. The van der Waals surface area contributed by atoms with Gasteiger partial charge in [0.25, 0.3) is 0 Å². The van der Waals surface area contributed by atoms with Crippen molar-refractivity contribution in [3.8, 4) is 0 Å². The highest BCUT2D eigenvalue weighted by molar-refractivity contribution is 5.65. The molecule has 26 heavy (non-hydrogen) atoms. The summed E-state index contributed by atoms with van der Waals surface area (Å²) in [4.78, 5) is 11.1. The summed E-state index contributed by atoms with van der Waals surface area (Å²) in [6.07, 6.45) is -12.9. The van der Waals surface area contributed by atoms with Crippen molar-refractivity contribution in [3.63, 3.8) is 0 Å². The number of esters is 1. The molecule has 12 heteroatoms. The molecule has 0 bridgehead atoms. The largest absolute Gasteiger partial charge is 0.460 e. The number of aliphatic hydroxyl groups excluding tert-OH is 7. The molecule has 2 heterocycles. The molecule has 2 saturated heterocycles. The van der Waals surface area contributed by atoms with Crippen molar-refractivity contribution in [3.05, 3.63) is 0 Å². The molecule has 2 aliphatic rings. The normalized spacial score (nSPS) is 46.3. The van der Waals surface area contributed by atoms with Crippen LogP contribution in [0, 0.1) is 0 Å². The second-order valence-electron chi connectivity index (χ2n) is 6.18. The molecule has 0 aromatic heterocycles. The molecule has 0 aliphatic carbocycles. The summed E-state index contributed by atoms with van der Waals surface area (Å²) in [6, 6.07) is 0. The first kappa shape index (κ1) is 21.4. The van der Waals surface area contributed by atoms with Crippen LogP contribution in [0.1, 0.15) is 6.92 Å². The van der Waals surface area contributed by atoms with E-state index in [0.29, 0.717) is 0 Å². The predicted molar refractivity (Wildman–Crippen MR) is 78.2 cm³/mol. The Kier molecular flexibility index (Phi) is 6.90. The molecular weight excluding hydrogens is 360 g/mol. The van der Waals surface area contributed by atoms with Crippen LogP contribution in [0.3, 0.4) is 0 Å². The Morgan fingerprint density at radius 3 is 2.08 bits per heavy atom. The lowest BCUT2D eigenvalue weighted by molar-refractivity contribution is -0.383. The van der Waals surface area contributed by atoms with Gasteiger partial charge in [-0.3, -0.25) is 4.79 Å². The lowest BCUT2D eigenvalue weighted by Gasteiger charge is -2.43. The van der Waals surface area contributed by atoms with Crippen LogP contribution in [-0.4, -0.2) is 116 Å². The summed E-state index contributed by atoms with van der Waals surface area (Å²) in [7, 11) is 0. The Hall–Kier alpha value is -0.930. The smallest absolute Gasteiger partial charge is 0.302 e. The van der Waals surface area contributed by atoms with E-state index >= 15 is 0 Å². The third-order valence-electron chi connectivity index (χ3n) is 4.33. The second-order valence-corrected chi connectivity index (χ2v) is 6.18. The minimum atomic E-state index is -2.23. The number of carbonyl (C=O) groups is 1. The molecule has 0 radical (unpaired) electrons. The zero-order valence-corrected chi connectivity index (χ0v) is 13.9. The Balaban J connectivity index is 2.25. The van der Waals surface area contributed by atoms with Crippen LogP contribution in [0.25, 0.3) is 0 Å². The van der Waals surface area contributed by atoms with Gasteiger partial charge in [0.15, 0.2) is 6.29 Å². The lowest BCUT2D eigenvalue weighted by atomic mass is 9.99. The van der Waals surface area contributed by atoms with E-state index in [9.17, 15) is 40.5 Å². The number of ether oxygens (including phenoxy) is 4. The van der Waals surface area contributed by atoms with Gasteiger partial charge in [-0.05, 0) is 0 Å². The fraction of sp³-hybridized carbons (Fsp3) is 0.929. The van der Waals surface area contributed by atoms with Gasteiger partial charge >= 0.3 is 5.97 Å². The molecule has 0 aromatic carbocycles. The monoisotopic (exact) mass is 384 g/mol. The first-order chi connectivity index (χ1) is 12.2. The van der Waals surface area contributed by atoms with Crippen molar-refractivity contribution in [2.24, 2.45) is 0 Å². The van der Waals surface area contributed by atoms with E-state index in [0.717, 1.165) is 6.92 Å². The third kappa shape index (κ3) is 3.99. The summed E-state index contributed by atoms with van der Waals surface area (Å²) >= 11 is 0. The van der Waals surface area contributed by atoms with Gasteiger partial charge in [0.1, 0.15) is 49.3 Å². The Labute approximate surface area is 148 Å². The summed E-state index contributed by atoms with van der Waals surface area (Å²) in [6.45, 7) is -1.07. The molecule has 152 valence electrons. The van der Waals surface area contributed by atoms with Crippen molar-refractivity contribution in [1.29, 1.82) is 0 Å².